The first kappa shape index (κ1) is 11.9. The average Bonchev–Trinajstić information content (AvgIpc) is 2.24. The number of thioether (sulfide) groups is 1. The molecule has 3 nitrogen and oxygen atoms in total. The van der Waals surface area contributed by atoms with Gasteiger partial charge in [0.05, 0.1) is 7.11 Å². The van der Waals surface area contributed by atoms with Crippen molar-refractivity contribution in [3.63, 3.8) is 0 Å². The minimum atomic E-state index is -0.740. The Morgan fingerprint density at radius 1 is 1.47 bits per heavy atom. The van der Waals surface area contributed by atoms with Crippen LogP contribution in [0.2, 0.25) is 0 Å². The molecule has 0 spiro atoms. The van der Waals surface area contributed by atoms with Gasteiger partial charge in [0, 0.05) is 11.3 Å². The van der Waals surface area contributed by atoms with E-state index in [1.807, 2.05) is 24.3 Å². The lowest BCUT2D eigenvalue weighted by Gasteiger charge is -2.06. The van der Waals surface area contributed by atoms with E-state index < -0.39 is 5.97 Å². The second-order valence-electron chi connectivity index (χ2n) is 3.00. The van der Waals surface area contributed by atoms with Crippen LogP contribution in [0.3, 0.4) is 0 Å². The second-order valence-corrected chi connectivity index (χ2v) is 4.13. The molecule has 0 heterocycles. The van der Waals surface area contributed by atoms with Crippen molar-refractivity contribution in [1.29, 1.82) is 0 Å². The monoisotopic (exact) mass is 226 g/mol. The smallest absolute Gasteiger partial charge is 0.303 e. The van der Waals surface area contributed by atoms with E-state index >= 15 is 0 Å². The molecule has 0 atom stereocenters. The molecule has 82 valence electrons. The lowest BCUT2D eigenvalue weighted by molar-refractivity contribution is -0.137. The van der Waals surface area contributed by atoms with Crippen molar-refractivity contribution < 1.29 is 14.6 Å². The van der Waals surface area contributed by atoms with E-state index in [2.05, 4.69) is 0 Å². The quantitative estimate of drug-likeness (QED) is 0.598. The Balaban J connectivity index is 2.39. The van der Waals surface area contributed by atoms with Crippen LogP contribution in [0, 0.1) is 0 Å². The average molecular weight is 226 g/mol. The van der Waals surface area contributed by atoms with Crippen molar-refractivity contribution in [1.82, 2.24) is 0 Å². The van der Waals surface area contributed by atoms with Crippen LogP contribution in [0.1, 0.15) is 12.8 Å². The number of methoxy groups -OCH3 is 1. The normalized spacial score (nSPS) is 9.93. The van der Waals surface area contributed by atoms with E-state index in [-0.39, 0.29) is 6.42 Å². The number of para-hydroxylation sites is 1. The van der Waals surface area contributed by atoms with Crippen LogP contribution in [0.5, 0.6) is 5.75 Å². The summed E-state index contributed by atoms with van der Waals surface area (Å²) in [5, 5.41) is 8.48. The highest BCUT2D eigenvalue weighted by molar-refractivity contribution is 7.99. The summed E-state index contributed by atoms with van der Waals surface area (Å²) in [5.41, 5.74) is 0. The maximum atomic E-state index is 10.3. The van der Waals surface area contributed by atoms with Crippen LogP contribution in [0.4, 0.5) is 0 Å². The topological polar surface area (TPSA) is 46.5 Å². The highest BCUT2D eigenvalue weighted by Crippen LogP contribution is 2.29. The summed E-state index contributed by atoms with van der Waals surface area (Å²) in [7, 11) is 1.64. The fraction of sp³-hybridized carbons (Fsp3) is 0.364. The minimum absolute atomic E-state index is 0.224. The van der Waals surface area contributed by atoms with Gasteiger partial charge >= 0.3 is 5.97 Å². The number of aliphatic carboxylic acids is 1. The highest BCUT2D eigenvalue weighted by atomic mass is 32.2. The summed E-state index contributed by atoms with van der Waals surface area (Å²) in [6, 6.07) is 7.74. The van der Waals surface area contributed by atoms with Gasteiger partial charge in [0.25, 0.3) is 0 Å². The molecule has 1 aromatic rings. The fourth-order valence-corrected chi connectivity index (χ4v) is 2.12. The molecule has 0 aromatic heterocycles. The predicted molar refractivity (Wildman–Crippen MR) is 60.6 cm³/mol. The minimum Gasteiger partial charge on any atom is -0.496 e. The van der Waals surface area contributed by atoms with Crippen molar-refractivity contribution in [2.45, 2.75) is 17.7 Å². The van der Waals surface area contributed by atoms with Crippen molar-refractivity contribution in [2.24, 2.45) is 0 Å². The number of rotatable bonds is 6. The molecule has 0 amide bonds. The van der Waals surface area contributed by atoms with Crippen LogP contribution in [0.25, 0.3) is 0 Å². The molecular weight excluding hydrogens is 212 g/mol. The molecule has 0 aliphatic rings. The van der Waals surface area contributed by atoms with Gasteiger partial charge in [0.1, 0.15) is 5.75 Å². The second kappa shape index (κ2) is 6.35. The molecule has 0 aliphatic heterocycles. The van der Waals surface area contributed by atoms with E-state index in [1.54, 1.807) is 18.9 Å². The van der Waals surface area contributed by atoms with Crippen LogP contribution >= 0.6 is 11.8 Å². The van der Waals surface area contributed by atoms with E-state index in [0.29, 0.717) is 6.42 Å². The number of carboxylic acids is 1. The Kier molecular flexibility index (Phi) is 5.04. The molecule has 0 saturated heterocycles. The Hall–Kier alpha value is -1.16. The van der Waals surface area contributed by atoms with E-state index in [0.717, 1.165) is 16.4 Å². The molecule has 1 N–H and O–H groups in total. The summed E-state index contributed by atoms with van der Waals surface area (Å²) in [6.07, 6.45) is 0.903. The van der Waals surface area contributed by atoms with Gasteiger partial charge in [-0.05, 0) is 24.3 Å². The zero-order chi connectivity index (χ0) is 11.1. The standard InChI is InChI=1S/C11H14O3S/c1-14-9-5-2-3-6-10(9)15-8-4-7-11(12)13/h2-3,5-6H,4,7-8H2,1H3,(H,12,13). The van der Waals surface area contributed by atoms with E-state index in [4.69, 9.17) is 9.84 Å². The van der Waals surface area contributed by atoms with Gasteiger partial charge in [-0.15, -0.1) is 11.8 Å². The molecule has 1 aromatic carbocycles. The number of carbonyl (C=O) groups is 1. The van der Waals surface area contributed by atoms with Gasteiger partial charge in [-0.2, -0.15) is 0 Å². The summed E-state index contributed by atoms with van der Waals surface area (Å²) in [6.45, 7) is 0. The predicted octanol–water partition coefficient (Wildman–Crippen LogP) is 2.65. The molecule has 0 fully saturated rings. The van der Waals surface area contributed by atoms with Gasteiger partial charge in [-0.1, -0.05) is 12.1 Å². The Bertz CT molecular complexity index is 325. The summed E-state index contributed by atoms with van der Waals surface area (Å²) in [4.78, 5) is 11.4. The molecular formula is C11H14O3S. The van der Waals surface area contributed by atoms with Crippen LogP contribution < -0.4 is 4.74 Å². The molecule has 0 saturated carbocycles. The Morgan fingerprint density at radius 2 is 2.20 bits per heavy atom. The van der Waals surface area contributed by atoms with Crippen LogP contribution in [-0.2, 0) is 4.79 Å². The van der Waals surface area contributed by atoms with E-state index in [9.17, 15) is 4.79 Å². The largest absolute Gasteiger partial charge is 0.496 e. The molecule has 1 rings (SSSR count). The lowest BCUT2D eigenvalue weighted by Crippen LogP contribution is -1.95. The first-order valence-electron chi connectivity index (χ1n) is 4.71. The highest BCUT2D eigenvalue weighted by Gasteiger charge is 2.02. The third-order valence-electron chi connectivity index (χ3n) is 1.86. The SMILES string of the molecule is COc1ccccc1SCCCC(=O)O. The van der Waals surface area contributed by atoms with Gasteiger partial charge in [-0.25, -0.2) is 0 Å². The molecule has 0 unspecified atom stereocenters. The van der Waals surface area contributed by atoms with Crippen molar-refractivity contribution in [3.05, 3.63) is 24.3 Å². The van der Waals surface area contributed by atoms with Crippen molar-refractivity contribution in [3.8, 4) is 5.75 Å². The first-order chi connectivity index (χ1) is 7.24. The Morgan fingerprint density at radius 3 is 2.87 bits per heavy atom. The zero-order valence-corrected chi connectivity index (χ0v) is 9.42. The molecule has 15 heavy (non-hydrogen) atoms. The molecule has 0 bridgehead atoms. The number of hydrogen-bond acceptors (Lipinski definition) is 3. The van der Waals surface area contributed by atoms with Crippen LogP contribution in [-0.4, -0.2) is 23.9 Å². The number of ether oxygens (including phenoxy) is 1. The van der Waals surface area contributed by atoms with E-state index in [1.165, 1.54) is 0 Å². The summed E-state index contributed by atoms with van der Waals surface area (Å²) >= 11 is 1.63. The van der Waals surface area contributed by atoms with Gasteiger partial charge in [0.15, 0.2) is 0 Å². The number of carboxylic acid groups (broad SMARTS) is 1. The van der Waals surface area contributed by atoms with Crippen LogP contribution in [0.15, 0.2) is 29.2 Å². The molecule has 0 radical (unpaired) electrons. The number of benzene rings is 1. The number of hydrogen-bond donors (Lipinski definition) is 1. The van der Waals surface area contributed by atoms with Crippen molar-refractivity contribution >= 4 is 17.7 Å². The fourth-order valence-electron chi connectivity index (χ4n) is 1.14. The van der Waals surface area contributed by atoms with Crippen molar-refractivity contribution in [2.75, 3.05) is 12.9 Å². The maximum Gasteiger partial charge on any atom is 0.303 e. The summed E-state index contributed by atoms with van der Waals surface area (Å²) in [5.74, 6) is 0.903. The zero-order valence-electron chi connectivity index (χ0n) is 8.60. The summed E-state index contributed by atoms with van der Waals surface area (Å²) < 4.78 is 5.19. The maximum absolute atomic E-state index is 10.3. The first-order valence-corrected chi connectivity index (χ1v) is 5.70. The van der Waals surface area contributed by atoms with Gasteiger partial charge < -0.3 is 9.84 Å². The third-order valence-corrected chi connectivity index (χ3v) is 3.00. The van der Waals surface area contributed by atoms with Gasteiger partial charge in [0.2, 0.25) is 0 Å². The third kappa shape index (κ3) is 4.25. The van der Waals surface area contributed by atoms with Gasteiger partial charge in [-0.3, -0.25) is 4.79 Å². The Labute approximate surface area is 93.4 Å². The molecule has 4 heteroatoms. The molecule has 0 aliphatic carbocycles. The lowest BCUT2D eigenvalue weighted by atomic mass is 10.3.